The van der Waals surface area contributed by atoms with E-state index in [0.29, 0.717) is 32.5 Å². The summed E-state index contributed by atoms with van der Waals surface area (Å²) in [7, 11) is 1.32. The minimum Gasteiger partial charge on any atom is -0.495 e. The number of morpholine rings is 1. The maximum absolute atomic E-state index is 14.8. The van der Waals surface area contributed by atoms with Crippen LogP contribution in [0.15, 0.2) is 18.3 Å². The number of amides is 1. The van der Waals surface area contributed by atoms with Crippen molar-refractivity contribution in [1.82, 2.24) is 14.9 Å². The van der Waals surface area contributed by atoms with Gasteiger partial charge in [-0.15, -0.1) is 0 Å². The van der Waals surface area contributed by atoms with Gasteiger partial charge in [0.2, 0.25) is 5.95 Å². The van der Waals surface area contributed by atoms with Crippen molar-refractivity contribution < 1.29 is 31.8 Å². The summed E-state index contributed by atoms with van der Waals surface area (Å²) in [5.74, 6) is -1.85. The van der Waals surface area contributed by atoms with Gasteiger partial charge in [0.05, 0.1) is 31.6 Å². The Kier molecular flexibility index (Phi) is 7.02. The van der Waals surface area contributed by atoms with Crippen molar-refractivity contribution in [2.45, 2.75) is 26.1 Å². The van der Waals surface area contributed by atoms with E-state index < -0.39 is 29.3 Å². The summed E-state index contributed by atoms with van der Waals surface area (Å²) in [6.45, 7) is 4.73. The third kappa shape index (κ3) is 5.36. The number of halogens is 4. The van der Waals surface area contributed by atoms with E-state index in [1.165, 1.54) is 18.1 Å². The fourth-order valence-corrected chi connectivity index (χ4v) is 3.07. The molecule has 8 nitrogen and oxygen atoms in total. The summed E-state index contributed by atoms with van der Waals surface area (Å²) in [5, 5.41) is 5.29. The van der Waals surface area contributed by atoms with E-state index in [9.17, 15) is 22.4 Å². The number of rotatable bonds is 6. The topological polar surface area (TPSA) is 88.6 Å². The molecule has 0 atom stereocenters. The van der Waals surface area contributed by atoms with E-state index in [4.69, 9.17) is 9.47 Å². The Labute approximate surface area is 181 Å². The average molecular weight is 457 g/mol. The number of alkyl halides is 3. The average Bonchev–Trinajstić information content (AvgIpc) is 2.73. The second kappa shape index (κ2) is 9.55. The largest absolute Gasteiger partial charge is 0.495 e. The number of anilines is 3. The van der Waals surface area contributed by atoms with Crippen LogP contribution in [0, 0.1) is 5.82 Å². The van der Waals surface area contributed by atoms with Crippen molar-refractivity contribution in [3.05, 3.63) is 35.3 Å². The fourth-order valence-electron chi connectivity index (χ4n) is 3.07. The molecule has 174 valence electrons. The van der Waals surface area contributed by atoms with Crippen LogP contribution in [0.4, 0.5) is 35.0 Å². The Morgan fingerprint density at radius 3 is 2.53 bits per heavy atom. The second-order valence-corrected chi connectivity index (χ2v) is 7.31. The first kappa shape index (κ1) is 23.5. The van der Waals surface area contributed by atoms with Gasteiger partial charge in [0, 0.05) is 31.4 Å². The maximum atomic E-state index is 14.8. The number of carbonyl (C=O) groups is 1. The molecular weight excluding hydrogens is 434 g/mol. The Hall–Kier alpha value is -3.15. The lowest BCUT2D eigenvalue weighted by atomic mass is 10.1. The van der Waals surface area contributed by atoms with Crippen LogP contribution in [0.5, 0.6) is 5.75 Å². The molecule has 0 radical (unpaired) electrons. The molecule has 1 amide bonds. The lowest BCUT2D eigenvalue weighted by Crippen LogP contribution is -2.41. The molecular formula is C20H23F4N5O3. The number of hydrogen-bond acceptors (Lipinski definition) is 7. The highest BCUT2D eigenvalue weighted by atomic mass is 19.4. The van der Waals surface area contributed by atoms with Crippen LogP contribution in [0.25, 0.3) is 0 Å². The molecule has 1 fully saturated rings. The molecule has 0 bridgehead atoms. The Balaban J connectivity index is 1.91. The highest BCUT2D eigenvalue weighted by Gasteiger charge is 2.35. The van der Waals surface area contributed by atoms with Crippen LogP contribution < -0.4 is 15.4 Å². The quantitative estimate of drug-likeness (QED) is 0.640. The number of methoxy groups -OCH3 is 1. The van der Waals surface area contributed by atoms with Crippen molar-refractivity contribution in [2.75, 3.05) is 44.0 Å². The van der Waals surface area contributed by atoms with Crippen LogP contribution in [-0.4, -0.2) is 60.2 Å². The van der Waals surface area contributed by atoms with E-state index in [1.54, 1.807) is 13.8 Å². The molecule has 1 aliphatic heterocycles. The first-order chi connectivity index (χ1) is 15.1. The van der Waals surface area contributed by atoms with Crippen molar-refractivity contribution in [1.29, 1.82) is 0 Å². The van der Waals surface area contributed by atoms with Gasteiger partial charge >= 0.3 is 6.18 Å². The number of benzene rings is 1. The van der Waals surface area contributed by atoms with Gasteiger partial charge < -0.3 is 25.0 Å². The number of nitrogens with one attached hydrogen (secondary N) is 2. The molecule has 0 unspecified atom stereocenters. The summed E-state index contributed by atoms with van der Waals surface area (Å²) < 4.78 is 65.0. The van der Waals surface area contributed by atoms with Gasteiger partial charge in [-0.25, -0.2) is 9.37 Å². The van der Waals surface area contributed by atoms with Gasteiger partial charge in [0.1, 0.15) is 22.9 Å². The van der Waals surface area contributed by atoms with E-state index in [-0.39, 0.29) is 29.0 Å². The highest BCUT2D eigenvalue weighted by molar-refractivity contribution is 5.96. The predicted molar refractivity (Wildman–Crippen MR) is 109 cm³/mol. The molecule has 2 N–H and O–H groups in total. The predicted octanol–water partition coefficient (Wildman–Crippen LogP) is 3.68. The van der Waals surface area contributed by atoms with Gasteiger partial charge in [-0.05, 0) is 19.9 Å². The fraction of sp³-hybridized carbons (Fsp3) is 0.450. The Bertz CT molecular complexity index is 978. The normalized spacial score (nSPS) is 14.4. The van der Waals surface area contributed by atoms with Crippen molar-refractivity contribution in [2.24, 2.45) is 0 Å². The number of nitrogens with zero attached hydrogens (tertiary/aromatic N) is 3. The molecule has 2 heterocycles. The molecule has 1 aromatic heterocycles. The maximum Gasteiger partial charge on any atom is 0.421 e. The summed E-state index contributed by atoms with van der Waals surface area (Å²) >= 11 is 0. The molecule has 0 spiro atoms. The molecule has 3 rings (SSSR count). The highest BCUT2D eigenvalue weighted by Crippen LogP contribution is 2.35. The lowest BCUT2D eigenvalue weighted by molar-refractivity contribution is -0.137. The zero-order valence-corrected chi connectivity index (χ0v) is 17.7. The zero-order chi connectivity index (χ0) is 23.5. The van der Waals surface area contributed by atoms with Gasteiger partial charge in [0.15, 0.2) is 0 Å². The van der Waals surface area contributed by atoms with Crippen molar-refractivity contribution in [3.8, 4) is 5.75 Å². The minimum atomic E-state index is -4.65. The van der Waals surface area contributed by atoms with Gasteiger partial charge in [-0.2, -0.15) is 18.2 Å². The summed E-state index contributed by atoms with van der Waals surface area (Å²) in [6.07, 6.45) is -4.01. The van der Waals surface area contributed by atoms with E-state index in [2.05, 4.69) is 20.6 Å². The van der Waals surface area contributed by atoms with Crippen LogP contribution in [-0.2, 0) is 10.9 Å². The van der Waals surface area contributed by atoms with E-state index >= 15 is 0 Å². The molecule has 32 heavy (non-hydrogen) atoms. The Morgan fingerprint density at radius 1 is 1.25 bits per heavy atom. The van der Waals surface area contributed by atoms with E-state index in [1.807, 2.05) is 0 Å². The van der Waals surface area contributed by atoms with Crippen LogP contribution in [0.1, 0.15) is 29.8 Å². The Morgan fingerprint density at radius 2 is 1.94 bits per heavy atom. The number of carbonyl (C=O) groups excluding carboxylic acids is 1. The molecule has 0 saturated carbocycles. The number of hydrogen-bond donors (Lipinski definition) is 2. The third-order valence-electron chi connectivity index (χ3n) is 4.58. The molecule has 1 aromatic carbocycles. The molecule has 12 heteroatoms. The summed E-state index contributed by atoms with van der Waals surface area (Å²) in [5.41, 5.74) is -1.16. The SMILES string of the molecule is COc1cc(C(=O)N2CCOCC2)c(F)cc1Nc1ncc(C(F)(F)F)c(NC(C)C)n1. The third-order valence-corrected chi connectivity index (χ3v) is 4.58. The van der Waals surface area contributed by atoms with Gasteiger partial charge in [-0.3, -0.25) is 4.79 Å². The monoisotopic (exact) mass is 457 g/mol. The summed E-state index contributed by atoms with van der Waals surface area (Å²) in [4.78, 5) is 21.7. The van der Waals surface area contributed by atoms with Gasteiger partial charge in [-0.1, -0.05) is 0 Å². The number of ether oxygens (including phenoxy) is 2. The summed E-state index contributed by atoms with van der Waals surface area (Å²) in [6, 6.07) is 1.92. The lowest BCUT2D eigenvalue weighted by Gasteiger charge is -2.27. The van der Waals surface area contributed by atoms with E-state index in [0.717, 1.165) is 6.07 Å². The first-order valence-electron chi connectivity index (χ1n) is 9.82. The molecule has 1 saturated heterocycles. The zero-order valence-electron chi connectivity index (χ0n) is 17.7. The van der Waals surface area contributed by atoms with Crippen LogP contribution >= 0.6 is 0 Å². The molecule has 0 aliphatic carbocycles. The van der Waals surface area contributed by atoms with Crippen molar-refractivity contribution >= 4 is 23.4 Å². The minimum absolute atomic E-state index is 0.0544. The van der Waals surface area contributed by atoms with Crippen LogP contribution in [0.2, 0.25) is 0 Å². The standard InChI is InChI=1S/C20H23F4N5O3/c1-11(2)26-17-13(20(22,23)24)10-25-19(28-17)27-15-9-14(21)12(8-16(15)31-3)18(30)29-4-6-32-7-5-29/h8-11H,4-7H2,1-3H3,(H2,25,26,27,28). The smallest absolute Gasteiger partial charge is 0.421 e. The van der Waals surface area contributed by atoms with Crippen LogP contribution in [0.3, 0.4) is 0 Å². The first-order valence-corrected chi connectivity index (χ1v) is 9.82. The van der Waals surface area contributed by atoms with Crippen molar-refractivity contribution in [3.63, 3.8) is 0 Å². The van der Waals surface area contributed by atoms with Gasteiger partial charge in [0.25, 0.3) is 5.91 Å². The number of aromatic nitrogens is 2. The second-order valence-electron chi connectivity index (χ2n) is 7.31. The molecule has 2 aromatic rings. The molecule has 1 aliphatic rings.